The highest BCUT2D eigenvalue weighted by Crippen LogP contribution is 2.20. The van der Waals surface area contributed by atoms with Crippen LogP contribution in [0.5, 0.6) is 0 Å². The molecule has 0 saturated carbocycles. The molecule has 1 atom stereocenters. The summed E-state index contributed by atoms with van der Waals surface area (Å²) in [6, 6.07) is 5.92. The van der Waals surface area contributed by atoms with E-state index in [2.05, 4.69) is 10.4 Å². The van der Waals surface area contributed by atoms with Crippen LogP contribution >= 0.6 is 0 Å². The summed E-state index contributed by atoms with van der Waals surface area (Å²) in [6.07, 6.45) is 1.70. The number of carbonyl (C=O) groups excluding carboxylic acids is 1. The first-order valence-corrected chi connectivity index (χ1v) is 6.61. The number of benzene rings is 1. The van der Waals surface area contributed by atoms with Gasteiger partial charge in [-0.3, -0.25) is 4.79 Å². The van der Waals surface area contributed by atoms with Crippen LogP contribution in [0.15, 0.2) is 30.5 Å². The molecule has 5 nitrogen and oxygen atoms in total. The Balaban J connectivity index is 2.20. The normalized spacial score (nSPS) is 12.2. The van der Waals surface area contributed by atoms with Gasteiger partial charge < -0.3 is 10.1 Å². The molecule has 0 aliphatic carbocycles. The molecular weight excluding hydrogens is 273 g/mol. The molecule has 0 fully saturated rings. The van der Waals surface area contributed by atoms with E-state index in [1.807, 2.05) is 13.8 Å². The van der Waals surface area contributed by atoms with E-state index >= 15 is 0 Å². The molecule has 0 radical (unpaired) electrons. The molecule has 0 bridgehead atoms. The van der Waals surface area contributed by atoms with Crippen molar-refractivity contribution in [1.82, 2.24) is 15.1 Å². The van der Waals surface area contributed by atoms with E-state index in [0.717, 1.165) is 16.9 Å². The Morgan fingerprint density at radius 3 is 2.71 bits per heavy atom. The van der Waals surface area contributed by atoms with Crippen molar-refractivity contribution in [3.8, 4) is 5.69 Å². The van der Waals surface area contributed by atoms with Gasteiger partial charge in [0.25, 0.3) is 0 Å². The van der Waals surface area contributed by atoms with Crippen LogP contribution in [0, 0.1) is 12.7 Å². The molecule has 2 rings (SSSR count). The molecule has 1 amide bonds. The zero-order valence-electron chi connectivity index (χ0n) is 12.3. The van der Waals surface area contributed by atoms with Gasteiger partial charge in [-0.1, -0.05) is 0 Å². The van der Waals surface area contributed by atoms with Gasteiger partial charge in [0.15, 0.2) is 0 Å². The zero-order chi connectivity index (χ0) is 15.4. The number of carbonyl (C=O) groups is 1. The van der Waals surface area contributed by atoms with Crippen LogP contribution in [0.25, 0.3) is 5.69 Å². The number of nitrogens with one attached hydrogen (secondary N) is 1. The number of ether oxygens (including phenoxy) is 1. The van der Waals surface area contributed by atoms with E-state index < -0.39 is 0 Å². The minimum absolute atomic E-state index is 0.0233. The van der Waals surface area contributed by atoms with E-state index in [4.69, 9.17) is 4.74 Å². The summed E-state index contributed by atoms with van der Waals surface area (Å²) in [6.45, 7) is 3.81. The van der Waals surface area contributed by atoms with Crippen LogP contribution in [-0.2, 0) is 9.53 Å². The van der Waals surface area contributed by atoms with Crippen LogP contribution in [0.2, 0.25) is 0 Å². The molecule has 1 aromatic heterocycles. The lowest BCUT2D eigenvalue weighted by Crippen LogP contribution is -2.30. The Hall–Kier alpha value is -2.21. The molecule has 1 N–H and O–H groups in total. The topological polar surface area (TPSA) is 56.1 Å². The average molecular weight is 291 g/mol. The lowest BCUT2D eigenvalue weighted by molar-refractivity contribution is -0.125. The maximum Gasteiger partial charge on any atom is 0.246 e. The lowest BCUT2D eigenvalue weighted by Gasteiger charge is -2.13. The Morgan fingerprint density at radius 1 is 1.43 bits per heavy atom. The van der Waals surface area contributed by atoms with Gasteiger partial charge in [0.1, 0.15) is 12.4 Å². The first kappa shape index (κ1) is 15.2. The smallest absolute Gasteiger partial charge is 0.246 e. The van der Waals surface area contributed by atoms with Crippen molar-refractivity contribution in [2.24, 2.45) is 0 Å². The molecule has 2 aromatic rings. The maximum absolute atomic E-state index is 13.0. The van der Waals surface area contributed by atoms with Gasteiger partial charge in [-0.25, -0.2) is 9.07 Å². The van der Waals surface area contributed by atoms with Crippen LogP contribution in [-0.4, -0.2) is 29.4 Å². The van der Waals surface area contributed by atoms with Crippen LogP contribution in [0.3, 0.4) is 0 Å². The SMILES string of the molecule is COCC(=O)NC(C)c1cnn(-c2ccc(F)cc2)c1C. The second kappa shape index (κ2) is 6.49. The van der Waals surface area contributed by atoms with Gasteiger partial charge in [-0.05, 0) is 38.1 Å². The first-order valence-electron chi connectivity index (χ1n) is 6.61. The number of amides is 1. The first-order chi connectivity index (χ1) is 10.0. The van der Waals surface area contributed by atoms with E-state index in [9.17, 15) is 9.18 Å². The number of nitrogens with zero attached hydrogens (tertiary/aromatic N) is 2. The molecule has 1 aromatic carbocycles. The predicted molar refractivity (Wildman–Crippen MR) is 76.7 cm³/mol. The molecule has 0 aliphatic heterocycles. The fourth-order valence-corrected chi connectivity index (χ4v) is 2.18. The third kappa shape index (κ3) is 3.46. The summed E-state index contributed by atoms with van der Waals surface area (Å²) in [4.78, 5) is 11.5. The van der Waals surface area contributed by atoms with Crippen molar-refractivity contribution in [3.05, 3.63) is 47.5 Å². The standard InChI is InChI=1S/C15H18FN3O2/c1-10(18-15(20)9-21-3)14-8-17-19(11(14)2)13-6-4-12(16)5-7-13/h4-8,10H,9H2,1-3H3,(H,18,20). The fraction of sp³-hybridized carbons (Fsp3) is 0.333. The van der Waals surface area contributed by atoms with Crippen molar-refractivity contribution in [2.75, 3.05) is 13.7 Å². The van der Waals surface area contributed by atoms with Crippen molar-refractivity contribution < 1.29 is 13.9 Å². The summed E-state index contributed by atoms with van der Waals surface area (Å²) >= 11 is 0. The largest absolute Gasteiger partial charge is 0.375 e. The molecule has 6 heteroatoms. The fourth-order valence-electron chi connectivity index (χ4n) is 2.18. The second-order valence-electron chi connectivity index (χ2n) is 4.80. The Kier molecular flexibility index (Phi) is 4.70. The number of methoxy groups -OCH3 is 1. The Bertz CT molecular complexity index is 622. The number of hydrogen-bond acceptors (Lipinski definition) is 3. The minimum Gasteiger partial charge on any atom is -0.375 e. The quantitative estimate of drug-likeness (QED) is 0.918. The van der Waals surface area contributed by atoms with E-state index in [0.29, 0.717) is 0 Å². The van der Waals surface area contributed by atoms with Gasteiger partial charge in [0.2, 0.25) is 5.91 Å². The average Bonchev–Trinajstić information content (AvgIpc) is 2.82. The van der Waals surface area contributed by atoms with Crippen molar-refractivity contribution in [2.45, 2.75) is 19.9 Å². The molecule has 21 heavy (non-hydrogen) atoms. The predicted octanol–water partition coefficient (Wildman–Crippen LogP) is 2.14. The van der Waals surface area contributed by atoms with Crippen LogP contribution < -0.4 is 5.32 Å². The molecule has 0 saturated heterocycles. The summed E-state index contributed by atoms with van der Waals surface area (Å²) in [7, 11) is 1.47. The number of aromatic nitrogens is 2. The van der Waals surface area contributed by atoms with Crippen molar-refractivity contribution >= 4 is 5.91 Å². The summed E-state index contributed by atoms with van der Waals surface area (Å²) in [5.74, 6) is -0.470. The minimum atomic E-state index is -0.288. The van der Waals surface area contributed by atoms with E-state index in [-0.39, 0.29) is 24.4 Å². The lowest BCUT2D eigenvalue weighted by atomic mass is 10.1. The zero-order valence-corrected chi connectivity index (χ0v) is 12.3. The van der Waals surface area contributed by atoms with Gasteiger partial charge in [0, 0.05) is 18.4 Å². The number of halogens is 1. The summed E-state index contributed by atoms with van der Waals surface area (Å²) in [5, 5.41) is 7.14. The van der Waals surface area contributed by atoms with Gasteiger partial charge in [0.05, 0.1) is 17.9 Å². The summed E-state index contributed by atoms with van der Waals surface area (Å²) in [5.41, 5.74) is 2.58. The summed E-state index contributed by atoms with van der Waals surface area (Å²) < 4.78 is 19.5. The maximum atomic E-state index is 13.0. The van der Waals surface area contributed by atoms with Gasteiger partial charge in [-0.2, -0.15) is 5.10 Å². The highest BCUT2D eigenvalue weighted by Gasteiger charge is 2.16. The van der Waals surface area contributed by atoms with E-state index in [1.165, 1.54) is 19.2 Å². The van der Waals surface area contributed by atoms with E-state index in [1.54, 1.807) is 23.0 Å². The van der Waals surface area contributed by atoms with Gasteiger partial charge >= 0.3 is 0 Å². The molecule has 0 spiro atoms. The highest BCUT2D eigenvalue weighted by atomic mass is 19.1. The Labute approximate surface area is 122 Å². The number of rotatable bonds is 5. The molecule has 0 aliphatic rings. The van der Waals surface area contributed by atoms with Crippen molar-refractivity contribution in [1.29, 1.82) is 0 Å². The van der Waals surface area contributed by atoms with Crippen LogP contribution in [0.1, 0.15) is 24.2 Å². The molecule has 1 heterocycles. The highest BCUT2D eigenvalue weighted by molar-refractivity contribution is 5.77. The third-order valence-electron chi connectivity index (χ3n) is 3.24. The Morgan fingerprint density at radius 2 is 2.10 bits per heavy atom. The third-order valence-corrected chi connectivity index (χ3v) is 3.24. The second-order valence-corrected chi connectivity index (χ2v) is 4.80. The number of hydrogen-bond donors (Lipinski definition) is 1. The molecule has 1 unspecified atom stereocenters. The monoisotopic (exact) mass is 291 g/mol. The van der Waals surface area contributed by atoms with Gasteiger partial charge in [-0.15, -0.1) is 0 Å². The van der Waals surface area contributed by atoms with Crippen molar-refractivity contribution in [3.63, 3.8) is 0 Å². The molecular formula is C15H18FN3O2. The molecule has 112 valence electrons. The van der Waals surface area contributed by atoms with Crippen LogP contribution in [0.4, 0.5) is 4.39 Å².